The SMILES string of the molecule is CCC1C2CC3C4C5C6C7CC8C9C%10C%11C%12C%13CC%14C%15C%16C%17C%18CC%19C%20C%21CC%22(C%23C%24C%25C%10C9%10C87C67C%25%10C%246C%238C1%22C23C48C576)C%211C2C3C4C%11C%125C%13%14C%156C45C34C23C%201C%19%18C%173C%1664. The Hall–Kier alpha value is 0. The van der Waals surface area contributed by atoms with Crippen molar-refractivity contribution in [2.75, 3.05) is 0 Å². The highest BCUT2D eigenvalue weighted by molar-refractivity contribution is 5.98. The molecule has 22 spiro atoms. The van der Waals surface area contributed by atoms with E-state index in [-0.39, 0.29) is 0 Å². The smallest absolute Gasteiger partial charge is 0.00477 e. The third-order valence-electron chi connectivity index (χ3n) is 46.9. The van der Waals surface area contributed by atoms with E-state index in [9.17, 15) is 0 Å². The quantitative estimate of drug-likeness (QED) is 0.292. The van der Waals surface area contributed by atoms with Gasteiger partial charge in [-0.15, -0.1) is 0 Å². The van der Waals surface area contributed by atoms with Gasteiger partial charge in [0.25, 0.3) is 0 Å². The fourth-order valence-electron chi connectivity index (χ4n) is 57.7. The normalized spacial score (nSPS) is 129. The molecular formula is C58H44. The van der Waals surface area contributed by atoms with Crippen molar-refractivity contribution < 1.29 is 0 Å². The average molecular weight is 741 g/mol. The first-order valence-corrected chi connectivity index (χ1v) is 28.8. The molecular weight excluding hydrogens is 697 g/mol. The summed E-state index contributed by atoms with van der Waals surface area (Å²) in [5.74, 6) is 39.7. The lowest BCUT2D eigenvalue weighted by atomic mass is 8.51. The zero-order chi connectivity index (χ0) is 33.0. The van der Waals surface area contributed by atoms with E-state index in [1.807, 2.05) is 32.1 Å². The molecule has 51 unspecified atom stereocenters. The molecule has 0 aromatic carbocycles. The summed E-state index contributed by atoms with van der Waals surface area (Å²) in [6.45, 7) is 2.88. The maximum atomic E-state index is 2.88. The van der Waals surface area contributed by atoms with Crippen LogP contribution in [-0.4, -0.2) is 0 Å². The predicted molar refractivity (Wildman–Crippen MR) is 188 cm³/mol. The molecule has 0 N–H and O–H groups in total. The molecule has 51 atom stereocenters. The van der Waals surface area contributed by atoms with Gasteiger partial charge >= 0.3 is 0 Å². The molecule has 0 aliphatic heterocycles. The Morgan fingerprint density at radius 1 is 0.293 bits per heavy atom. The van der Waals surface area contributed by atoms with E-state index in [1.165, 1.54) is 172 Å². The first-order valence-electron chi connectivity index (χ1n) is 28.8. The molecule has 37 rings (SSSR count). The largest absolute Gasteiger partial charge is 0.0651 e. The van der Waals surface area contributed by atoms with Crippen LogP contribution in [0.4, 0.5) is 0 Å². The van der Waals surface area contributed by atoms with Crippen LogP contribution < -0.4 is 0 Å². The second kappa shape index (κ2) is 3.53. The number of hydrogen-bond donors (Lipinski definition) is 0. The van der Waals surface area contributed by atoms with Crippen molar-refractivity contribution in [1.82, 2.24) is 0 Å². The molecule has 37 aliphatic carbocycles. The molecule has 276 valence electrons. The third-order valence-corrected chi connectivity index (χ3v) is 46.9. The van der Waals surface area contributed by atoms with Gasteiger partial charge < -0.3 is 0 Å². The van der Waals surface area contributed by atoms with E-state index in [2.05, 4.69) is 6.92 Å². The van der Waals surface area contributed by atoms with Crippen LogP contribution in [0.2, 0.25) is 0 Å². The third kappa shape index (κ3) is 0.552. The molecule has 37 aliphatic rings. The minimum absolute atomic E-state index is 0.995. The minimum atomic E-state index is 0.995. The second-order valence-electron chi connectivity index (χ2n) is 36.0. The zero-order valence-corrected chi connectivity index (χ0v) is 33.0. The summed E-state index contributed by atoms with van der Waals surface area (Å²) in [4.78, 5) is 0. The molecule has 37 fully saturated rings. The fourth-order valence-corrected chi connectivity index (χ4v) is 57.7. The molecule has 0 heteroatoms. The summed E-state index contributed by atoms with van der Waals surface area (Å²) in [6, 6.07) is 0. The maximum Gasteiger partial charge on any atom is -0.00477 e. The van der Waals surface area contributed by atoms with Gasteiger partial charge in [0.1, 0.15) is 0 Å². The van der Waals surface area contributed by atoms with Crippen molar-refractivity contribution >= 4 is 0 Å². The van der Waals surface area contributed by atoms with E-state index < -0.39 is 0 Å². The Labute approximate surface area is 334 Å². The van der Waals surface area contributed by atoms with Crippen molar-refractivity contribution in [2.24, 2.45) is 291 Å². The molecule has 37 saturated carbocycles. The van der Waals surface area contributed by atoms with Crippen LogP contribution in [0.1, 0.15) is 45.4 Å². The first kappa shape index (κ1) is 21.3. The van der Waals surface area contributed by atoms with Crippen molar-refractivity contribution in [3.05, 3.63) is 0 Å². The van der Waals surface area contributed by atoms with E-state index in [0.717, 1.165) is 119 Å². The van der Waals surface area contributed by atoms with Gasteiger partial charge in [-0.2, -0.15) is 0 Å². The van der Waals surface area contributed by atoms with E-state index in [0.29, 0.717) is 0 Å². The first-order chi connectivity index (χ1) is 28.8. The van der Waals surface area contributed by atoms with E-state index in [1.54, 1.807) is 6.42 Å². The van der Waals surface area contributed by atoms with Gasteiger partial charge in [0, 0.05) is 0 Å². The van der Waals surface area contributed by atoms with Crippen LogP contribution in [0.3, 0.4) is 0 Å². The van der Waals surface area contributed by atoms with Crippen LogP contribution in [0, 0.1) is 291 Å². The van der Waals surface area contributed by atoms with E-state index >= 15 is 0 Å². The van der Waals surface area contributed by atoms with Gasteiger partial charge in [-0.3, -0.25) is 0 Å². The summed E-state index contributed by atoms with van der Waals surface area (Å²) >= 11 is 0. The highest BCUT2D eigenvalue weighted by Gasteiger charge is 3.54. The van der Waals surface area contributed by atoms with Crippen LogP contribution >= 0.6 is 0 Å². The number of rotatable bonds is 1. The fraction of sp³-hybridized carbons (Fsp3) is 1.00. The van der Waals surface area contributed by atoms with Crippen LogP contribution in [0.5, 0.6) is 0 Å². The summed E-state index contributed by atoms with van der Waals surface area (Å²) in [5.41, 5.74) is 23.5. The summed E-state index contributed by atoms with van der Waals surface area (Å²) in [5, 5.41) is 0. The molecule has 0 aromatic heterocycles. The minimum Gasteiger partial charge on any atom is -0.0651 e. The lowest BCUT2D eigenvalue weighted by Gasteiger charge is -3.51. The molecule has 0 radical (unpaired) electrons. The molecule has 0 nitrogen and oxygen atoms in total. The van der Waals surface area contributed by atoms with Gasteiger partial charge in [0.05, 0.1) is 0 Å². The summed E-state index contributed by atoms with van der Waals surface area (Å²) in [6.07, 6.45) is 11.0. The van der Waals surface area contributed by atoms with Gasteiger partial charge in [-0.05, 0) is 323 Å². The van der Waals surface area contributed by atoms with Crippen molar-refractivity contribution in [3.8, 4) is 0 Å². The number of fused-ring (bicyclic) bond motifs is 15. The average Bonchev–Trinajstić information content (AvgIpc) is 3.08. The van der Waals surface area contributed by atoms with Gasteiger partial charge in [0.2, 0.25) is 0 Å². The molecule has 0 aromatic rings. The Balaban J connectivity index is 0.760. The summed E-state index contributed by atoms with van der Waals surface area (Å²) < 4.78 is 0. The second-order valence-corrected chi connectivity index (χ2v) is 36.0. The Morgan fingerprint density at radius 2 is 0.741 bits per heavy atom. The molecule has 0 saturated heterocycles. The van der Waals surface area contributed by atoms with E-state index in [4.69, 9.17) is 0 Å². The topological polar surface area (TPSA) is 0 Å². The Bertz CT molecular complexity index is 3520. The highest BCUT2D eigenvalue weighted by atomic mass is 15.6. The molecule has 0 amide bonds. The Kier molecular flexibility index (Phi) is 1.30. The van der Waals surface area contributed by atoms with Crippen molar-refractivity contribution in [1.29, 1.82) is 0 Å². The molecule has 0 heterocycles. The van der Waals surface area contributed by atoms with Gasteiger partial charge in [0.15, 0.2) is 0 Å². The number of hydrogen-bond acceptors (Lipinski definition) is 0. The highest BCUT2D eigenvalue weighted by Crippen LogP contribution is 3.55. The van der Waals surface area contributed by atoms with Crippen LogP contribution in [-0.2, 0) is 0 Å². The molecule has 0 bridgehead atoms. The Morgan fingerprint density at radius 3 is 1.36 bits per heavy atom. The summed E-state index contributed by atoms with van der Waals surface area (Å²) in [7, 11) is 0. The predicted octanol–water partition coefficient (Wildman–Crippen LogP) is 6.42. The molecule has 58 heavy (non-hydrogen) atoms. The lowest BCUT2D eigenvalue weighted by molar-refractivity contribution is -1.07. The van der Waals surface area contributed by atoms with Gasteiger partial charge in [-0.25, -0.2) is 0 Å². The van der Waals surface area contributed by atoms with Crippen LogP contribution in [0.25, 0.3) is 0 Å². The lowest BCUT2D eigenvalue weighted by Crippen LogP contribution is -3.50. The van der Waals surface area contributed by atoms with Crippen molar-refractivity contribution in [2.45, 2.75) is 45.4 Å². The van der Waals surface area contributed by atoms with Gasteiger partial charge in [-0.1, -0.05) is 13.3 Å². The van der Waals surface area contributed by atoms with Crippen LogP contribution in [0.15, 0.2) is 0 Å². The standard InChI is InChI=1S/C58H44/c1-2-8-9-3-15-25-29-23-13-5-11-21-18-19-22-12-6-14-24-30-26-16-4-10-20-17-7-37(35-33-31-27(18)43(21)38(11,13)47(23)51(31,43)55(33)53(29,47)49(25)40(9,15)45(8,37)57(35,49)55)42(17)36-34-32-28(19)44(22)39(12,14)48(24)52(32,44)56(34)54(30,48)50(26)41(10,16)46(20,42)58(36,50)56/h8-36H,2-7H2,1H3. The van der Waals surface area contributed by atoms with Crippen molar-refractivity contribution in [3.63, 3.8) is 0 Å². The zero-order valence-electron chi connectivity index (χ0n) is 33.0. The monoisotopic (exact) mass is 740 g/mol. The maximum absolute atomic E-state index is 2.88.